The third-order valence-corrected chi connectivity index (χ3v) is 2.81. The Balaban J connectivity index is 2.50. The molecular weight excluding hydrogens is 178 g/mol. The first-order valence-electron chi connectivity index (χ1n) is 5.21. The van der Waals surface area contributed by atoms with E-state index in [0.717, 1.165) is 12.8 Å². The second-order valence-electron chi connectivity index (χ2n) is 3.74. The molecule has 0 heterocycles. The molecule has 0 aromatic heterocycles. The summed E-state index contributed by atoms with van der Waals surface area (Å²) in [6.45, 7) is 4.29. The SMILES string of the molecule is C=CCNC(C(=O)OC)C1CCCC1. The standard InChI is InChI=1S/C11H19NO2/c1-3-8-12-10(11(13)14-2)9-6-4-5-7-9/h3,9-10,12H,1,4-8H2,2H3. The smallest absolute Gasteiger partial charge is 0.323 e. The second kappa shape index (κ2) is 5.81. The van der Waals surface area contributed by atoms with Crippen LogP contribution in [-0.2, 0) is 9.53 Å². The Morgan fingerprint density at radius 2 is 2.29 bits per heavy atom. The van der Waals surface area contributed by atoms with Crippen LogP contribution >= 0.6 is 0 Å². The lowest BCUT2D eigenvalue weighted by Gasteiger charge is -2.21. The van der Waals surface area contributed by atoms with Crippen molar-refractivity contribution in [2.45, 2.75) is 31.7 Å². The Hall–Kier alpha value is -0.830. The molecule has 1 saturated carbocycles. The molecule has 0 bridgehead atoms. The molecule has 0 saturated heterocycles. The molecule has 0 aromatic carbocycles. The van der Waals surface area contributed by atoms with Gasteiger partial charge in [0.05, 0.1) is 7.11 Å². The van der Waals surface area contributed by atoms with Crippen LogP contribution < -0.4 is 5.32 Å². The highest BCUT2D eigenvalue weighted by molar-refractivity contribution is 5.76. The Morgan fingerprint density at radius 3 is 2.79 bits per heavy atom. The van der Waals surface area contributed by atoms with Gasteiger partial charge in [-0.1, -0.05) is 18.9 Å². The number of ether oxygens (including phenoxy) is 1. The predicted octanol–water partition coefficient (Wildman–Crippen LogP) is 1.49. The Bertz CT molecular complexity index is 197. The average Bonchev–Trinajstić information content (AvgIpc) is 2.71. The van der Waals surface area contributed by atoms with Gasteiger partial charge in [-0.05, 0) is 18.8 Å². The highest BCUT2D eigenvalue weighted by atomic mass is 16.5. The van der Waals surface area contributed by atoms with Crippen molar-refractivity contribution >= 4 is 5.97 Å². The highest BCUT2D eigenvalue weighted by Gasteiger charge is 2.30. The number of hydrogen-bond donors (Lipinski definition) is 1. The molecule has 0 amide bonds. The van der Waals surface area contributed by atoms with Gasteiger partial charge in [0.15, 0.2) is 0 Å². The maximum atomic E-state index is 11.5. The second-order valence-corrected chi connectivity index (χ2v) is 3.74. The number of carbonyl (C=O) groups excluding carboxylic acids is 1. The summed E-state index contributed by atoms with van der Waals surface area (Å²) in [6, 6.07) is -0.138. The summed E-state index contributed by atoms with van der Waals surface area (Å²) in [7, 11) is 1.44. The van der Waals surface area contributed by atoms with Gasteiger partial charge in [0, 0.05) is 6.54 Å². The summed E-state index contributed by atoms with van der Waals surface area (Å²) in [6.07, 6.45) is 6.49. The highest BCUT2D eigenvalue weighted by Crippen LogP contribution is 2.28. The molecule has 1 atom stereocenters. The van der Waals surface area contributed by atoms with E-state index >= 15 is 0 Å². The molecule has 0 aromatic rings. The fraction of sp³-hybridized carbons (Fsp3) is 0.727. The van der Waals surface area contributed by atoms with E-state index in [4.69, 9.17) is 4.74 Å². The molecule has 80 valence electrons. The molecule has 1 fully saturated rings. The molecule has 1 aliphatic carbocycles. The Labute approximate surface area is 85.5 Å². The molecule has 14 heavy (non-hydrogen) atoms. The van der Waals surface area contributed by atoms with Crippen LogP contribution in [-0.4, -0.2) is 25.7 Å². The molecule has 3 nitrogen and oxygen atoms in total. The van der Waals surface area contributed by atoms with Crippen LogP contribution in [0, 0.1) is 5.92 Å². The summed E-state index contributed by atoms with van der Waals surface area (Å²) in [4.78, 5) is 11.5. The first-order valence-corrected chi connectivity index (χ1v) is 5.21. The first-order chi connectivity index (χ1) is 6.79. The van der Waals surface area contributed by atoms with Crippen LogP contribution in [0.3, 0.4) is 0 Å². The Kier molecular flexibility index (Phi) is 4.66. The van der Waals surface area contributed by atoms with E-state index in [-0.39, 0.29) is 12.0 Å². The molecule has 1 unspecified atom stereocenters. The zero-order valence-corrected chi connectivity index (χ0v) is 8.79. The van der Waals surface area contributed by atoms with Crippen molar-refractivity contribution in [1.82, 2.24) is 5.32 Å². The van der Waals surface area contributed by atoms with Crippen LogP contribution in [0.2, 0.25) is 0 Å². The fourth-order valence-electron chi connectivity index (χ4n) is 2.07. The van der Waals surface area contributed by atoms with E-state index in [1.54, 1.807) is 6.08 Å². The maximum Gasteiger partial charge on any atom is 0.323 e. The van der Waals surface area contributed by atoms with E-state index in [9.17, 15) is 4.79 Å². The largest absolute Gasteiger partial charge is 0.468 e. The van der Waals surface area contributed by atoms with E-state index < -0.39 is 0 Å². The number of carbonyl (C=O) groups is 1. The van der Waals surface area contributed by atoms with Crippen LogP contribution in [0.4, 0.5) is 0 Å². The fourth-order valence-corrected chi connectivity index (χ4v) is 2.07. The predicted molar refractivity (Wildman–Crippen MR) is 56.0 cm³/mol. The van der Waals surface area contributed by atoms with Crippen molar-refractivity contribution in [3.05, 3.63) is 12.7 Å². The third-order valence-electron chi connectivity index (χ3n) is 2.81. The lowest BCUT2D eigenvalue weighted by Crippen LogP contribution is -2.42. The van der Waals surface area contributed by atoms with Gasteiger partial charge in [-0.2, -0.15) is 0 Å². The van der Waals surface area contributed by atoms with Gasteiger partial charge in [0.2, 0.25) is 0 Å². The van der Waals surface area contributed by atoms with Gasteiger partial charge in [-0.25, -0.2) is 0 Å². The third kappa shape index (κ3) is 2.84. The van der Waals surface area contributed by atoms with Crippen LogP contribution in [0.1, 0.15) is 25.7 Å². The number of esters is 1. The zero-order valence-electron chi connectivity index (χ0n) is 8.79. The summed E-state index contributed by atoms with van der Waals surface area (Å²) in [5.41, 5.74) is 0. The van der Waals surface area contributed by atoms with Crippen LogP contribution in [0.15, 0.2) is 12.7 Å². The molecule has 3 heteroatoms. The molecule has 0 aliphatic heterocycles. The average molecular weight is 197 g/mol. The summed E-state index contributed by atoms with van der Waals surface area (Å²) >= 11 is 0. The van der Waals surface area contributed by atoms with Crippen molar-refractivity contribution in [3.63, 3.8) is 0 Å². The maximum absolute atomic E-state index is 11.5. The van der Waals surface area contributed by atoms with Crippen molar-refractivity contribution in [1.29, 1.82) is 0 Å². The first kappa shape index (κ1) is 11.2. The molecule has 1 N–H and O–H groups in total. The normalized spacial score (nSPS) is 19.2. The quantitative estimate of drug-likeness (QED) is 0.536. The van der Waals surface area contributed by atoms with Crippen molar-refractivity contribution in [3.8, 4) is 0 Å². The minimum Gasteiger partial charge on any atom is -0.468 e. The molecular formula is C11H19NO2. The summed E-state index contributed by atoms with van der Waals surface area (Å²) < 4.78 is 4.79. The van der Waals surface area contributed by atoms with Crippen molar-refractivity contribution < 1.29 is 9.53 Å². The lowest BCUT2D eigenvalue weighted by molar-refractivity contribution is -0.144. The van der Waals surface area contributed by atoms with E-state index in [1.807, 2.05) is 0 Å². The topological polar surface area (TPSA) is 38.3 Å². The summed E-state index contributed by atoms with van der Waals surface area (Å²) in [5, 5.41) is 3.17. The van der Waals surface area contributed by atoms with Crippen LogP contribution in [0.5, 0.6) is 0 Å². The molecule has 1 rings (SSSR count). The number of methoxy groups -OCH3 is 1. The zero-order chi connectivity index (χ0) is 10.4. The molecule has 0 radical (unpaired) electrons. The monoisotopic (exact) mass is 197 g/mol. The summed E-state index contributed by atoms with van der Waals surface area (Å²) in [5.74, 6) is 0.307. The Morgan fingerprint density at radius 1 is 1.64 bits per heavy atom. The molecule has 0 spiro atoms. The molecule has 1 aliphatic rings. The number of rotatable bonds is 5. The van der Waals surface area contributed by atoms with Gasteiger partial charge < -0.3 is 10.1 Å². The van der Waals surface area contributed by atoms with Gasteiger partial charge in [0.25, 0.3) is 0 Å². The number of nitrogens with one attached hydrogen (secondary N) is 1. The van der Waals surface area contributed by atoms with Gasteiger partial charge in [-0.15, -0.1) is 6.58 Å². The van der Waals surface area contributed by atoms with Gasteiger partial charge in [0.1, 0.15) is 6.04 Å². The minimum absolute atomic E-state index is 0.138. The minimum atomic E-state index is -0.140. The van der Waals surface area contributed by atoms with Gasteiger partial charge in [-0.3, -0.25) is 4.79 Å². The van der Waals surface area contributed by atoms with E-state index in [2.05, 4.69) is 11.9 Å². The van der Waals surface area contributed by atoms with Crippen molar-refractivity contribution in [2.24, 2.45) is 5.92 Å². The number of hydrogen-bond acceptors (Lipinski definition) is 3. The van der Waals surface area contributed by atoms with Gasteiger partial charge >= 0.3 is 5.97 Å². The van der Waals surface area contributed by atoms with E-state index in [0.29, 0.717) is 12.5 Å². The van der Waals surface area contributed by atoms with E-state index in [1.165, 1.54) is 20.0 Å². The van der Waals surface area contributed by atoms with Crippen molar-refractivity contribution in [2.75, 3.05) is 13.7 Å². The van der Waals surface area contributed by atoms with Crippen LogP contribution in [0.25, 0.3) is 0 Å². The lowest BCUT2D eigenvalue weighted by atomic mass is 9.98.